The average Bonchev–Trinajstić information content (AvgIpc) is 3.27. The molecule has 128 valence electrons. The van der Waals surface area contributed by atoms with Gasteiger partial charge in [-0.1, -0.05) is 0 Å². The summed E-state index contributed by atoms with van der Waals surface area (Å²) in [7, 11) is 0. The lowest BCUT2D eigenvalue weighted by atomic mass is 10.2. The molecule has 0 aliphatic carbocycles. The number of thioether (sulfide) groups is 1. The second-order valence-electron chi connectivity index (χ2n) is 6.05. The Morgan fingerprint density at radius 3 is 2.96 bits per heavy atom. The maximum absolute atomic E-state index is 13.0. The lowest BCUT2D eigenvalue weighted by Crippen LogP contribution is -2.47. The molecule has 2 aliphatic rings. The van der Waals surface area contributed by atoms with Gasteiger partial charge in [-0.15, -0.1) is 0 Å². The summed E-state index contributed by atoms with van der Waals surface area (Å²) in [6.07, 6.45) is 4.67. The van der Waals surface area contributed by atoms with Crippen molar-refractivity contribution in [2.24, 2.45) is 0 Å². The first-order valence-corrected chi connectivity index (χ1v) is 9.64. The molecule has 23 heavy (non-hydrogen) atoms. The molecule has 2 saturated heterocycles. The molecule has 3 heterocycles. The number of aryl methyl sites for hydroxylation is 1. The van der Waals surface area contributed by atoms with Crippen molar-refractivity contribution < 1.29 is 9.53 Å². The van der Waals surface area contributed by atoms with E-state index >= 15 is 0 Å². The Hall–Kier alpha value is -1.05. The molecule has 0 unspecified atom stereocenters. The number of hydrogen-bond donors (Lipinski definition) is 0. The van der Waals surface area contributed by atoms with E-state index in [4.69, 9.17) is 4.74 Å². The van der Waals surface area contributed by atoms with Crippen molar-refractivity contribution in [3.63, 3.8) is 0 Å². The molecule has 1 aromatic heterocycles. The molecule has 2 aliphatic heterocycles. The van der Waals surface area contributed by atoms with E-state index in [1.807, 2.05) is 29.6 Å². The number of ether oxygens (including phenoxy) is 1. The molecule has 0 N–H and O–H groups in total. The summed E-state index contributed by atoms with van der Waals surface area (Å²) >= 11 is 1.95. The minimum Gasteiger partial charge on any atom is -0.379 e. The largest absolute Gasteiger partial charge is 0.379 e. The predicted octanol–water partition coefficient (Wildman–Crippen LogP) is 1.18. The minimum absolute atomic E-state index is 0.130. The Balaban J connectivity index is 1.65. The smallest absolute Gasteiger partial charge is 0.257 e. The van der Waals surface area contributed by atoms with Crippen LogP contribution in [0.5, 0.6) is 0 Å². The fourth-order valence-corrected chi connectivity index (χ4v) is 4.33. The molecule has 0 aromatic carbocycles. The van der Waals surface area contributed by atoms with Crippen molar-refractivity contribution >= 4 is 17.7 Å². The number of carbonyl (C=O) groups excluding carboxylic acids is 1. The zero-order chi connectivity index (χ0) is 16.1. The van der Waals surface area contributed by atoms with Crippen LogP contribution >= 0.6 is 11.8 Å². The number of rotatable bonds is 6. The molecule has 6 nitrogen and oxygen atoms in total. The zero-order valence-corrected chi connectivity index (χ0v) is 14.6. The standard InChI is InChI=1S/C16H26N4O2S/c1-2-19-12-14(11-17-19)16(21)20(15-3-10-23-13-15)5-4-18-6-8-22-9-7-18/h11-12,15H,2-10,13H2,1H3/t15-/m1/s1. The van der Waals surface area contributed by atoms with Crippen LogP contribution in [0, 0.1) is 0 Å². The van der Waals surface area contributed by atoms with Crippen molar-refractivity contribution in [3.8, 4) is 0 Å². The number of morpholine rings is 1. The summed E-state index contributed by atoms with van der Waals surface area (Å²) in [5.41, 5.74) is 0.714. The molecule has 1 atom stereocenters. The van der Waals surface area contributed by atoms with Gasteiger partial charge in [-0.25, -0.2) is 0 Å². The Morgan fingerprint density at radius 1 is 1.48 bits per heavy atom. The zero-order valence-electron chi connectivity index (χ0n) is 13.8. The van der Waals surface area contributed by atoms with Gasteiger partial charge in [0.05, 0.1) is 25.0 Å². The molecular weight excluding hydrogens is 312 g/mol. The van der Waals surface area contributed by atoms with Gasteiger partial charge in [0.15, 0.2) is 0 Å². The quantitative estimate of drug-likeness (QED) is 0.780. The van der Waals surface area contributed by atoms with E-state index < -0.39 is 0 Å². The van der Waals surface area contributed by atoms with Crippen molar-refractivity contribution in [1.82, 2.24) is 19.6 Å². The third-order valence-corrected chi connectivity index (χ3v) is 5.72. The molecule has 3 rings (SSSR count). The van der Waals surface area contributed by atoms with Crippen molar-refractivity contribution in [1.29, 1.82) is 0 Å². The van der Waals surface area contributed by atoms with Crippen LogP contribution < -0.4 is 0 Å². The summed E-state index contributed by atoms with van der Waals surface area (Å²) in [5.74, 6) is 2.34. The van der Waals surface area contributed by atoms with Crippen LogP contribution in [0.3, 0.4) is 0 Å². The topological polar surface area (TPSA) is 50.6 Å². The van der Waals surface area contributed by atoms with Crippen LogP contribution in [0.15, 0.2) is 12.4 Å². The van der Waals surface area contributed by atoms with E-state index in [0.717, 1.165) is 63.9 Å². The highest BCUT2D eigenvalue weighted by Crippen LogP contribution is 2.24. The van der Waals surface area contributed by atoms with Crippen LogP contribution in [0.2, 0.25) is 0 Å². The second-order valence-corrected chi connectivity index (χ2v) is 7.20. The van der Waals surface area contributed by atoms with Gasteiger partial charge >= 0.3 is 0 Å². The van der Waals surface area contributed by atoms with Crippen LogP contribution in [-0.4, -0.2) is 82.4 Å². The number of amides is 1. The fraction of sp³-hybridized carbons (Fsp3) is 0.750. The van der Waals surface area contributed by atoms with Crippen LogP contribution in [0.4, 0.5) is 0 Å². The molecule has 1 aromatic rings. The summed E-state index contributed by atoms with van der Waals surface area (Å²) < 4.78 is 7.22. The number of nitrogens with zero attached hydrogens (tertiary/aromatic N) is 4. The molecular formula is C16H26N4O2S. The summed E-state index contributed by atoms with van der Waals surface area (Å²) in [5, 5.41) is 4.25. The number of aromatic nitrogens is 2. The molecule has 0 radical (unpaired) electrons. The third kappa shape index (κ3) is 4.28. The first-order valence-electron chi connectivity index (χ1n) is 8.49. The molecule has 0 bridgehead atoms. The molecule has 0 saturated carbocycles. The lowest BCUT2D eigenvalue weighted by molar-refractivity contribution is 0.0303. The predicted molar refractivity (Wildman–Crippen MR) is 91.9 cm³/mol. The second kappa shape index (κ2) is 8.17. The van der Waals surface area contributed by atoms with Gasteiger partial charge in [0.2, 0.25) is 0 Å². The van der Waals surface area contributed by atoms with Gasteiger partial charge in [0.1, 0.15) is 0 Å². The SMILES string of the molecule is CCn1cc(C(=O)N(CCN2CCOCC2)[C@@H]2CCSC2)cn1. The highest BCUT2D eigenvalue weighted by atomic mass is 32.2. The van der Waals surface area contributed by atoms with Crippen LogP contribution in [0.25, 0.3) is 0 Å². The van der Waals surface area contributed by atoms with Crippen LogP contribution in [-0.2, 0) is 11.3 Å². The van der Waals surface area contributed by atoms with E-state index in [9.17, 15) is 4.79 Å². The Bertz CT molecular complexity index is 510. The van der Waals surface area contributed by atoms with Crippen LogP contribution in [0.1, 0.15) is 23.7 Å². The lowest BCUT2D eigenvalue weighted by Gasteiger charge is -2.32. The number of hydrogen-bond acceptors (Lipinski definition) is 5. The van der Waals surface area contributed by atoms with Gasteiger partial charge in [-0.05, 0) is 19.1 Å². The van der Waals surface area contributed by atoms with E-state index in [-0.39, 0.29) is 5.91 Å². The van der Waals surface area contributed by atoms with Crippen molar-refractivity contribution in [3.05, 3.63) is 18.0 Å². The Kier molecular flexibility index (Phi) is 5.96. The summed E-state index contributed by atoms with van der Waals surface area (Å²) in [6, 6.07) is 0.360. The molecule has 1 amide bonds. The highest BCUT2D eigenvalue weighted by Gasteiger charge is 2.29. The number of carbonyl (C=O) groups is 1. The minimum atomic E-state index is 0.130. The van der Waals surface area contributed by atoms with E-state index in [1.54, 1.807) is 6.20 Å². The van der Waals surface area contributed by atoms with Gasteiger partial charge in [-0.3, -0.25) is 14.4 Å². The molecule has 0 spiro atoms. The van der Waals surface area contributed by atoms with Crippen molar-refractivity contribution in [2.45, 2.75) is 25.9 Å². The first kappa shape index (κ1) is 16.8. The van der Waals surface area contributed by atoms with E-state index in [2.05, 4.69) is 14.9 Å². The Labute approximate surface area is 142 Å². The normalized spacial score (nSPS) is 22.4. The maximum atomic E-state index is 13.0. The van der Waals surface area contributed by atoms with Gasteiger partial charge in [0, 0.05) is 50.7 Å². The van der Waals surface area contributed by atoms with E-state index in [0.29, 0.717) is 11.6 Å². The molecule has 7 heteroatoms. The van der Waals surface area contributed by atoms with Gasteiger partial charge < -0.3 is 9.64 Å². The fourth-order valence-electron chi connectivity index (χ4n) is 3.10. The average molecular weight is 338 g/mol. The maximum Gasteiger partial charge on any atom is 0.257 e. The van der Waals surface area contributed by atoms with Crippen molar-refractivity contribution in [2.75, 3.05) is 50.9 Å². The van der Waals surface area contributed by atoms with Gasteiger partial charge in [-0.2, -0.15) is 16.9 Å². The third-order valence-electron chi connectivity index (χ3n) is 4.57. The first-order chi connectivity index (χ1) is 11.3. The van der Waals surface area contributed by atoms with Gasteiger partial charge in [0.25, 0.3) is 5.91 Å². The molecule has 2 fully saturated rings. The summed E-state index contributed by atoms with van der Waals surface area (Å²) in [4.78, 5) is 17.4. The van der Waals surface area contributed by atoms with E-state index in [1.165, 1.54) is 0 Å². The Morgan fingerprint density at radius 2 is 2.30 bits per heavy atom. The highest BCUT2D eigenvalue weighted by molar-refractivity contribution is 7.99. The summed E-state index contributed by atoms with van der Waals surface area (Å²) in [6.45, 7) is 8.09. The monoisotopic (exact) mass is 338 g/mol.